The zero-order valence-corrected chi connectivity index (χ0v) is 7.97. The van der Waals surface area contributed by atoms with Crippen molar-refractivity contribution >= 4 is 0 Å². The highest BCUT2D eigenvalue weighted by Crippen LogP contribution is 2.25. The Kier molecular flexibility index (Phi) is 4.18. The van der Waals surface area contributed by atoms with Crippen LogP contribution in [0.3, 0.4) is 0 Å². The van der Waals surface area contributed by atoms with E-state index in [0.717, 1.165) is 18.8 Å². The summed E-state index contributed by atoms with van der Waals surface area (Å²) in [5, 5.41) is 3.53. The van der Waals surface area contributed by atoms with Crippen LogP contribution in [0.4, 0.5) is 0 Å². The fraction of sp³-hybridized carbons (Fsp3) is 0.818. The first-order valence-electron chi connectivity index (χ1n) is 5.03. The number of hydrogen-bond acceptors (Lipinski definition) is 1. The monoisotopic (exact) mass is 165 g/mol. The standard InChI is InChI=1S/C11H19N/c1-3-6-11(4-2)12-9-10-7-5-8-10/h1,10-12H,4-9H2,2H3. The third kappa shape index (κ3) is 2.87. The van der Waals surface area contributed by atoms with E-state index < -0.39 is 0 Å². The molecule has 0 spiro atoms. The molecule has 1 unspecified atom stereocenters. The fourth-order valence-electron chi connectivity index (χ4n) is 1.53. The van der Waals surface area contributed by atoms with Crippen LogP contribution in [-0.2, 0) is 0 Å². The van der Waals surface area contributed by atoms with Crippen molar-refractivity contribution in [2.45, 2.75) is 45.1 Å². The Bertz CT molecular complexity index is 153. The van der Waals surface area contributed by atoms with E-state index in [0.29, 0.717) is 6.04 Å². The van der Waals surface area contributed by atoms with Gasteiger partial charge >= 0.3 is 0 Å². The van der Waals surface area contributed by atoms with E-state index in [4.69, 9.17) is 6.42 Å². The molecule has 0 aliphatic heterocycles. The maximum absolute atomic E-state index is 5.27. The van der Waals surface area contributed by atoms with Gasteiger partial charge in [-0.3, -0.25) is 0 Å². The zero-order chi connectivity index (χ0) is 8.81. The van der Waals surface area contributed by atoms with Gasteiger partial charge in [-0.2, -0.15) is 0 Å². The molecule has 1 aliphatic carbocycles. The summed E-state index contributed by atoms with van der Waals surface area (Å²) in [6, 6.07) is 0.551. The Hall–Kier alpha value is -0.480. The van der Waals surface area contributed by atoms with E-state index in [-0.39, 0.29) is 0 Å². The third-order valence-electron chi connectivity index (χ3n) is 2.78. The van der Waals surface area contributed by atoms with Gasteiger partial charge in [-0.1, -0.05) is 13.3 Å². The molecule has 1 N–H and O–H groups in total. The molecule has 1 nitrogen and oxygen atoms in total. The molecule has 68 valence electrons. The summed E-state index contributed by atoms with van der Waals surface area (Å²) in [7, 11) is 0. The molecule has 0 radical (unpaired) electrons. The molecule has 0 bridgehead atoms. The van der Waals surface area contributed by atoms with Crippen LogP contribution >= 0.6 is 0 Å². The van der Waals surface area contributed by atoms with Gasteiger partial charge in [0.25, 0.3) is 0 Å². The second-order valence-corrected chi connectivity index (χ2v) is 3.72. The smallest absolute Gasteiger partial charge is 0.0240 e. The number of hydrogen-bond donors (Lipinski definition) is 1. The van der Waals surface area contributed by atoms with E-state index in [1.54, 1.807) is 0 Å². The topological polar surface area (TPSA) is 12.0 Å². The van der Waals surface area contributed by atoms with Gasteiger partial charge in [-0.05, 0) is 31.7 Å². The first kappa shape index (κ1) is 9.61. The van der Waals surface area contributed by atoms with Gasteiger partial charge in [0.05, 0.1) is 0 Å². The molecule has 1 saturated carbocycles. The van der Waals surface area contributed by atoms with Gasteiger partial charge in [0, 0.05) is 12.5 Å². The molecule has 0 heterocycles. The minimum absolute atomic E-state index is 0.551. The van der Waals surface area contributed by atoms with Crippen LogP contribution in [0, 0.1) is 18.3 Å². The number of rotatable bonds is 5. The molecular formula is C11H19N. The second-order valence-electron chi connectivity index (χ2n) is 3.72. The van der Waals surface area contributed by atoms with Gasteiger partial charge in [0.15, 0.2) is 0 Å². The summed E-state index contributed by atoms with van der Waals surface area (Å²) in [6.07, 6.45) is 11.6. The van der Waals surface area contributed by atoms with Crippen molar-refractivity contribution in [3.8, 4) is 12.3 Å². The molecule has 0 aromatic rings. The largest absolute Gasteiger partial charge is 0.313 e. The molecule has 1 rings (SSSR count). The van der Waals surface area contributed by atoms with E-state index >= 15 is 0 Å². The lowest BCUT2D eigenvalue weighted by atomic mass is 9.85. The quantitative estimate of drug-likeness (QED) is 0.616. The molecule has 0 aromatic heterocycles. The van der Waals surface area contributed by atoms with Crippen molar-refractivity contribution < 1.29 is 0 Å². The lowest BCUT2D eigenvalue weighted by Crippen LogP contribution is -2.34. The van der Waals surface area contributed by atoms with Crippen molar-refractivity contribution in [1.82, 2.24) is 5.32 Å². The summed E-state index contributed by atoms with van der Waals surface area (Å²) >= 11 is 0. The van der Waals surface area contributed by atoms with E-state index in [1.807, 2.05) is 0 Å². The molecule has 1 aliphatic rings. The predicted octanol–water partition coefficient (Wildman–Crippen LogP) is 2.18. The Labute approximate surface area is 75.9 Å². The van der Waals surface area contributed by atoms with Gasteiger partial charge < -0.3 is 5.32 Å². The highest BCUT2D eigenvalue weighted by Gasteiger charge is 2.17. The molecule has 12 heavy (non-hydrogen) atoms. The minimum Gasteiger partial charge on any atom is -0.313 e. The molecule has 1 fully saturated rings. The molecule has 1 heteroatoms. The summed E-state index contributed by atoms with van der Waals surface area (Å²) in [6.45, 7) is 3.37. The van der Waals surface area contributed by atoms with Crippen LogP contribution in [0.2, 0.25) is 0 Å². The van der Waals surface area contributed by atoms with Crippen molar-refractivity contribution in [2.24, 2.45) is 5.92 Å². The molecule has 0 amide bonds. The lowest BCUT2D eigenvalue weighted by molar-refractivity contribution is 0.287. The van der Waals surface area contributed by atoms with Crippen LogP contribution in [0.25, 0.3) is 0 Å². The number of terminal acetylenes is 1. The highest BCUT2D eigenvalue weighted by molar-refractivity contribution is 4.89. The van der Waals surface area contributed by atoms with Gasteiger partial charge in [-0.25, -0.2) is 0 Å². The molecule has 0 aromatic carbocycles. The predicted molar refractivity (Wildman–Crippen MR) is 52.9 cm³/mol. The highest BCUT2D eigenvalue weighted by atomic mass is 14.9. The fourth-order valence-corrected chi connectivity index (χ4v) is 1.53. The average molecular weight is 165 g/mol. The minimum atomic E-state index is 0.551. The van der Waals surface area contributed by atoms with Crippen LogP contribution in [-0.4, -0.2) is 12.6 Å². The first-order chi connectivity index (χ1) is 5.86. The lowest BCUT2D eigenvalue weighted by Gasteiger charge is -2.27. The van der Waals surface area contributed by atoms with Crippen LogP contribution in [0.5, 0.6) is 0 Å². The summed E-state index contributed by atoms with van der Waals surface area (Å²) in [4.78, 5) is 0. The summed E-state index contributed by atoms with van der Waals surface area (Å²) in [5.74, 6) is 3.66. The Morgan fingerprint density at radius 3 is 2.75 bits per heavy atom. The Morgan fingerprint density at radius 1 is 1.58 bits per heavy atom. The molecular weight excluding hydrogens is 146 g/mol. The van der Waals surface area contributed by atoms with Crippen molar-refractivity contribution in [3.05, 3.63) is 0 Å². The SMILES string of the molecule is C#CCC(CC)NCC1CCC1. The van der Waals surface area contributed by atoms with Gasteiger partial charge in [-0.15, -0.1) is 12.3 Å². The van der Waals surface area contributed by atoms with Crippen LogP contribution in [0.1, 0.15) is 39.0 Å². The maximum atomic E-state index is 5.27. The van der Waals surface area contributed by atoms with Crippen LogP contribution < -0.4 is 5.32 Å². The van der Waals surface area contributed by atoms with Crippen molar-refractivity contribution in [1.29, 1.82) is 0 Å². The Balaban J connectivity index is 2.06. The van der Waals surface area contributed by atoms with E-state index in [1.165, 1.54) is 25.8 Å². The van der Waals surface area contributed by atoms with Gasteiger partial charge in [0.2, 0.25) is 0 Å². The van der Waals surface area contributed by atoms with Gasteiger partial charge in [0.1, 0.15) is 0 Å². The van der Waals surface area contributed by atoms with Crippen molar-refractivity contribution in [2.75, 3.05) is 6.54 Å². The number of nitrogens with one attached hydrogen (secondary N) is 1. The first-order valence-corrected chi connectivity index (χ1v) is 5.03. The maximum Gasteiger partial charge on any atom is 0.0240 e. The van der Waals surface area contributed by atoms with Crippen molar-refractivity contribution in [3.63, 3.8) is 0 Å². The van der Waals surface area contributed by atoms with Crippen LogP contribution in [0.15, 0.2) is 0 Å². The van der Waals surface area contributed by atoms with E-state index in [9.17, 15) is 0 Å². The zero-order valence-electron chi connectivity index (χ0n) is 7.97. The average Bonchev–Trinajstić information content (AvgIpc) is 2.00. The summed E-state index contributed by atoms with van der Waals surface area (Å²) < 4.78 is 0. The second kappa shape index (κ2) is 5.22. The molecule has 0 saturated heterocycles. The van der Waals surface area contributed by atoms with E-state index in [2.05, 4.69) is 18.2 Å². The summed E-state index contributed by atoms with van der Waals surface area (Å²) in [5.41, 5.74) is 0. The normalized spacial score (nSPS) is 19.7. The molecule has 1 atom stereocenters. The Morgan fingerprint density at radius 2 is 2.33 bits per heavy atom. The third-order valence-corrected chi connectivity index (χ3v) is 2.78.